The van der Waals surface area contributed by atoms with E-state index in [-0.39, 0.29) is 16.1 Å². The van der Waals surface area contributed by atoms with Crippen molar-refractivity contribution in [2.75, 3.05) is 4.31 Å². The second kappa shape index (κ2) is 7.79. The first-order valence-corrected chi connectivity index (χ1v) is 12.4. The van der Waals surface area contributed by atoms with Gasteiger partial charge in [0.2, 0.25) is 5.91 Å². The Balaban J connectivity index is 1.87. The summed E-state index contributed by atoms with van der Waals surface area (Å²) in [5, 5.41) is 1.68. The minimum atomic E-state index is -4.36. The molecule has 0 saturated heterocycles. The van der Waals surface area contributed by atoms with E-state index in [1.54, 1.807) is 62.4 Å². The summed E-state index contributed by atoms with van der Waals surface area (Å²) in [5.41, 5.74) is 0.812. The number of benzene rings is 3. The number of sulfonamides is 1. The van der Waals surface area contributed by atoms with Gasteiger partial charge < -0.3 is 4.42 Å². The Morgan fingerprint density at radius 2 is 1.76 bits per heavy atom. The summed E-state index contributed by atoms with van der Waals surface area (Å²) in [6, 6.07) is 16.8. The molecule has 0 aliphatic rings. The first-order chi connectivity index (χ1) is 15.8. The molecule has 0 unspecified atom stereocenters. The maximum Gasteiger partial charge on any atom is 0.396 e. The summed E-state index contributed by atoms with van der Waals surface area (Å²) in [6.45, 7) is 3.28. The van der Waals surface area contributed by atoms with Crippen molar-refractivity contribution in [3.05, 3.63) is 76.6 Å². The highest BCUT2D eigenvalue weighted by atomic mass is 32.2. The molecular formula is C24H18N2O5S2. The number of carbonyl (C=O) groups excluding carboxylic acids is 1. The second-order valence-corrected chi connectivity index (χ2v) is 10.5. The molecule has 7 nitrogen and oxygen atoms in total. The number of carbonyl (C=O) groups is 1. The Bertz CT molecular complexity index is 1710. The third-order valence-electron chi connectivity index (χ3n) is 5.34. The molecule has 5 aromatic rings. The van der Waals surface area contributed by atoms with Gasteiger partial charge in [0.05, 0.1) is 15.9 Å². The average molecular weight is 479 g/mol. The van der Waals surface area contributed by atoms with Crippen LogP contribution in [0, 0.1) is 5.92 Å². The fourth-order valence-corrected chi connectivity index (χ4v) is 6.27. The average Bonchev–Trinajstić information content (AvgIpc) is 3.19. The van der Waals surface area contributed by atoms with Crippen LogP contribution in [0.25, 0.3) is 32.0 Å². The van der Waals surface area contributed by atoms with E-state index < -0.39 is 26.8 Å². The predicted octanol–water partition coefficient (Wildman–Crippen LogP) is 4.93. The number of anilines is 1. The highest BCUT2D eigenvalue weighted by Gasteiger charge is 2.35. The monoisotopic (exact) mass is 478 g/mol. The van der Waals surface area contributed by atoms with Crippen molar-refractivity contribution in [2.24, 2.45) is 5.92 Å². The molecule has 0 fully saturated rings. The quantitative estimate of drug-likeness (QED) is 0.363. The number of rotatable bonds is 4. The van der Waals surface area contributed by atoms with Gasteiger partial charge in [-0.15, -0.1) is 0 Å². The zero-order valence-corrected chi connectivity index (χ0v) is 19.3. The first-order valence-electron chi connectivity index (χ1n) is 10.2. The molecule has 9 heteroatoms. The van der Waals surface area contributed by atoms with Crippen LogP contribution in [0.3, 0.4) is 0 Å². The summed E-state index contributed by atoms with van der Waals surface area (Å²) in [7, 11) is -4.36. The molecule has 5 rings (SSSR count). The molecule has 0 radical (unpaired) electrons. The zero-order chi connectivity index (χ0) is 23.3. The van der Waals surface area contributed by atoms with Gasteiger partial charge in [-0.25, -0.2) is 17.5 Å². The van der Waals surface area contributed by atoms with Crippen molar-refractivity contribution < 1.29 is 17.6 Å². The fraction of sp³-hybridized carbons (Fsp3) is 0.125. The largest absolute Gasteiger partial charge is 0.413 e. The van der Waals surface area contributed by atoms with Crippen LogP contribution in [0.15, 0.2) is 81.0 Å². The number of para-hydroxylation sites is 1. The third-order valence-corrected chi connectivity index (χ3v) is 7.86. The highest BCUT2D eigenvalue weighted by molar-refractivity contribution is 7.93. The molecule has 0 spiro atoms. The van der Waals surface area contributed by atoms with E-state index >= 15 is 0 Å². The zero-order valence-electron chi connectivity index (χ0n) is 17.7. The topological polar surface area (TPSA) is 97.5 Å². The Morgan fingerprint density at radius 3 is 2.52 bits per heavy atom. The van der Waals surface area contributed by atoms with Crippen molar-refractivity contribution in [2.45, 2.75) is 18.7 Å². The smallest absolute Gasteiger partial charge is 0.396 e. The van der Waals surface area contributed by atoms with Gasteiger partial charge in [0, 0.05) is 28.3 Å². The van der Waals surface area contributed by atoms with Crippen LogP contribution >= 0.6 is 11.3 Å². The van der Waals surface area contributed by atoms with Crippen LogP contribution in [-0.4, -0.2) is 19.3 Å². The van der Waals surface area contributed by atoms with E-state index in [0.29, 0.717) is 26.4 Å². The van der Waals surface area contributed by atoms with Gasteiger partial charge in [0.1, 0.15) is 4.90 Å². The number of hydrogen-bond acceptors (Lipinski definition) is 7. The van der Waals surface area contributed by atoms with Crippen molar-refractivity contribution in [3.8, 4) is 0 Å². The Morgan fingerprint density at radius 1 is 1.03 bits per heavy atom. The molecule has 0 atom stereocenters. The SMILES string of the molecule is CC(C)C(=O)N(c1cc2sc(=O)oc2c2ccccc12)S(=O)(=O)c1cccc2cccnc12. The summed E-state index contributed by atoms with van der Waals surface area (Å²) in [4.78, 5) is 29.1. The van der Waals surface area contributed by atoms with E-state index in [2.05, 4.69) is 4.98 Å². The molecule has 0 aliphatic carbocycles. The van der Waals surface area contributed by atoms with E-state index in [9.17, 15) is 18.0 Å². The first kappa shape index (κ1) is 21.3. The summed E-state index contributed by atoms with van der Waals surface area (Å²) in [6.07, 6.45) is 1.51. The molecule has 0 N–H and O–H groups in total. The molecule has 0 saturated carbocycles. The lowest BCUT2D eigenvalue weighted by Crippen LogP contribution is -2.40. The number of nitrogens with zero attached hydrogens (tertiary/aromatic N) is 2. The molecule has 0 bridgehead atoms. The third kappa shape index (κ3) is 3.40. The van der Waals surface area contributed by atoms with Crippen molar-refractivity contribution in [3.63, 3.8) is 0 Å². The number of hydrogen-bond donors (Lipinski definition) is 0. The van der Waals surface area contributed by atoms with Crippen LogP contribution in [0.1, 0.15) is 13.8 Å². The van der Waals surface area contributed by atoms with Crippen LogP contribution in [0.4, 0.5) is 5.69 Å². The van der Waals surface area contributed by atoms with Gasteiger partial charge >= 0.3 is 4.94 Å². The van der Waals surface area contributed by atoms with Crippen LogP contribution in [0.2, 0.25) is 0 Å². The molecule has 1 amide bonds. The molecule has 2 aromatic heterocycles. The second-order valence-electron chi connectivity index (χ2n) is 7.82. The molecular weight excluding hydrogens is 460 g/mol. The molecule has 3 aromatic carbocycles. The predicted molar refractivity (Wildman–Crippen MR) is 129 cm³/mol. The summed E-state index contributed by atoms with van der Waals surface area (Å²) < 4.78 is 34.8. The molecule has 2 heterocycles. The van der Waals surface area contributed by atoms with Crippen molar-refractivity contribution >= 4 is 64.9 Å². The number of pyridine rings is 1. The maximum absolute atomic E-state index is 14.1. The van der Waals surface area contributed by atoms with Crippen molar-refractivity contribution in [1.29, 1.82) is 0 Å². The Hall–Kier alpha value is -3.56. The number of fused-ring (bicyclic) bond motifs is 4. The van der Waals surface area contributed by atoms with Gasteiger partial charge in [-0.3, -0.25) is 9.78 Å². The number of aromatic nitrogens is 1. The Labute approximate surface area is 193 Å². The van der Waals surface area contributed by atoms with Crippen LogP contribution in [-0.2, 0) is 14.8 Å². The van der Waals surface area contributed by atoms with Gasteiger partial charge in [-0.05, 0) is 18.2 Å². The maximum atomic E-state index is 14.1. The van der Waals surface area contributed by atoms with E-state index in [1.807, 2.05) is 0 Å². The van der Waals surface area contributed by atoms with E-state index in [4.69, 9.17) is 4.42 Å². The van der Waals surface area contributed by atoms with Gasteiger partial charge in [0.15, 0.2) is 5.58 Å². The molecule has 33 heavy (non-hydrogen) atoms. The standard InChI is InChI=1S/C24H18N2O5S2/c1-14(2)23(27)26(33(29,30)20-11-5-7-15-8-6-12-25-21(15)20)18-13-19-22(31-24(28)32-19)17-10-4-3-9-16(17)18/h3-14H,1-2H3. The fourth-order valence-electron chi connectivity index (χ4n) is 3.83. The van der Waals surface area contributed by atoms with Gasteiger partial charge in [-0.2, -0.15) is 0 Å². The van der Waals surface area contributed by atoms with E-state index in [0.717, 1.165) is 15.6 Å². The van der Waals surface area contributed by atoms with Crippen LogP contribution < -0.4 is 9.24 Å². The molecule has 166 valence electrons. The van der Waals surface area contributed by atoms with E-state index in [1.165, 1.54) is 18.3 Å². The normalized spacial score (nSPS) is 12.1. The van der Waals surface area contributed by atoms with Crippen molar-refractivity contribution in [1.82, 2.24) is 4.98 Å². The lowest BCUT2D eigenvalue weighted by Gasteiger charge is -2.26. The number of amides is 1. The lowest BCUT2D eigenvalue weighted by atomic mass is 10.1. The minimum Gasteiger partial charge on any atom is -0.413 e. The summed E-state index contributed by atoms with van der Waals surface area (Å²) in [5.74, 6) is -1.21. The Kier molecular flexibility index (Phi) is 5.02. The van der Waals surface area contributed by atoms with Gasteiger partial charge in [-0.1, -0.05) is 67.6 Å². The lowest BCUT2D eigenvalue weighted by molar-refractivity contribution is -0.120. The molecule has 0 aliphatic heterocycles. The van der Waals surface area contributed by atoms with Crippen LogP contribution in [0.5, 0.6) is 0 Å². The highest BCUT2D eigenvalue weighted by Crippen LogP contribution is 2.39. The minimum absolute atomic E-state index is 0.0702. The van der Waals surface area contributed by atoms with Gasteiger partial charge in [0.25, 0.3) is 10.0 Å². The summed E-state index contributed by atoms with van der Waals surface area (Å²) >= 11 is 0.860.